The second-order valence-corrected chi connectivity index (χ2v) is 5.94. The second-order valence-electron chi connectivity index (χ2n) is 5.16. The standard InChI is InChI=1S/C13H15N5O2S/c1-16(2)13(20)11-7-18(15-14-11)10-5-17(6-10)12(19)9-3-4-21-8-9/h3-4,7-8,10H,5-6H2,1-2H3. The van der Waals surface area contributed by atoms with Crippen molar-refractivity contribution in [2.75, 3.05) is 27.2 Å². The lowest BCUT2D eigenvalue weighted by molar-refractivity contribution is 0.0498. The molecule has 0 aliphatic carbocycles. The van der Waals surface area contributed by atoms with Crippen LogP contribution in [0, 0.1) is 0 Å². The minimum Gasteiger partial charge on any atom is -0.343 e. The Labute approximate surface area is 125 Å². The zero-order chi connectivity index (χ0) is 15.0. The molecule has 8 heteroatoms. The van der Waals surface area contributed by atoms with Gasteiger partial charge in [0.15, 0.2) is 5.69 Å². The summed E-state index contributed by atoms with van der Waals surface area (Å²) in [6, 6.07) is 1.91. The minimum atomic E-state index is -0.174. The highest BCUT2D eigenvalue weighted by molar-refractivity contribution is 7.08. The lowest BCUT2D eigenvalue weighted by Crippen LogP contribution is -2.50. The maximum Gasteiger partial charge on any atom is 0.275 e. The number of hydrogen-bond acceptors (Lipinski definition) is 5. The normalized spacial score (nSPS) is 14.9. The van der Waals surface area contributed by atoms with Crippen LogP contribution in [0.3, 0.4) is 0 Å². The van der Waals surface area contributed by atoms with E-state index in [1.165, 1.54) is 16.2 Å². The molecule has 7 nitrogen and oxygen atoms in total. The molecule has 0 radical (unpaired) electrons. The number of hydrogen-bond donors (Lipinski definition) is 0. The highest BCUT2D eigenvalue weighted by Gasteiger charge is 2.33. The zero-order valence-electron chi connectivity index (χ0n) is 11.8. The van der Waals surface area contributed by atoms with E-state index < -0.39 is 0 Å². The first-order chi connectivity index (χ1) is 10.1. The first kappa shape index (κ1) is 13.7. The summed E-state index contributed by atoms with van der Waals surface area (Å²) in [6.07, 6.45) is 1.64. The largest absolute Gasteiger partial charge is 0.343 e. The lowest BCUT2D eigenvalue weighted by Gasteiger charge is -2.38. The third kappa shape index (κ3) is 2.54. The van der Waals surface area contributed by atoms with E-state index >= 15 is 0 Å². The van der Waals surface area contributed by atoms with Gasteiger partial charge in [-0.25, -0.2) is 4.68 Å². The summed E-state index contributed by atoms with van der Waals surface area (Å²) in [6.45, 7) is 1.18. The van der Waals surface area contributed by atoms with Crippen LogP contribution >= 0.6 is 11.3 Å². The molecular formula is C13H15N5O2S. The van der Waals surface area contributed by atoms with E-state index in [1.807, 2.05) is 16.8 Å². The van der Waals surface area contributed by atoms with Crippen molar-refractivity contribution < 1.29 is 9.59 Å². The van der Waals surface area contributed by atoms with Gasteiger partial charge in [0.1, 0.15) is 0 Å². The Kier molecular flexibility index (Phi) is 3.46. The molecule has 110 valence electrons. The van der Waals surface area contributed by atoms with Crippen LogP contribution < -0.4 is 0 Å². The van der Waals surface area contributed by atoms with Gasteiger partial charge in [-0.3, -0.25) is 9.59 Å². The molecule has 1 saturated heterocycles. The Hall–Kier alpha value is -2.22. The molecule has 0 N–H and O–H groups in total. The van der Waals surface area contributed by atoms with Crippen molar-refractivity contribution in [1.82, 2.24) is 24.8 Å². The Balaban J connectivity index is 1.62. The Morgan fingerprint density at radius 1 is 1.38 bits per heavy atom. The number of carbonyl (C=O) groups excluding carboxylic acids is 2. The van der Waals surface area contributed by atoms with Gasteiger partial charge in [0.2, 0.25) is 0 Å². The van der Waals surface area contributed by atoms with Crippen molar-refractivity contribution in [3.63, 3.8) is 0 Å². The van der Waals surface area contributed by atoms with Gasteiger partial charge in [-0.15, -0.1) is 5.10 Å². The van der Waals surface area contributed by atoms with Crippen LogP contribution in [0.2, 0.25) is 0 Å². The van der Waals surface area contributed by atoms with Crippen LogP contribution in [-0.4, -0.2) is 63.8 Å². The third-order valence-electron chi connectivity index (χ3n) is 3.43. The fraction of sp³-hybridized carbons (Fsp3) is 0.385. The van der Waals surface area contributed by atoms with Gasteiger partial charge < -0.3 is 9.80 Å². The molecule has 0 bridgehead atoms. The molecule has 0 atom stereocenters. The van der Waals surface area contributed by atoms with Crippen molar-refractivity contribution in [2.24, 2.45) is 0 Å². The summed E-state index contributed by atoms with van der Waals surface area (Å²) >= 11 is 1.51. The number of carbonyl (C=O) groups is 2. The molecule has 0 saturated carbocycles. The van der Waals surface area contributed by atoms with Crippen LogP contribution in [-0.2, 0) is 0 Å². The molecule has 2 aromatic heterocycles. The summed E-state index contributed by atoms with van der Waals surface area (Å²) in [5.74, 6) is -0.135. The molecule has 0 aromatic carbocycles. The number of nitrogens with zero attached hydrogens (tertiary/aromatic N) is 5. The van der Waals surface area contributed by atoms with Crippen molar-refractivity contribution in [1.29, 1.82) is 0 Å². The molecule has 21 heavy (non-hydrogen) atoms. The molecule has 1 fully saturated rings. The molecular weight excluding hydrogens is 290 g/mol. The first-order valence-corrected chi connectivity index (χ1v) is 7.45. The average molecular weight is 305 g/mol. The first-order valence-electron chi connectivity index (χ1n) is 6.51. The summed E-state index contributed by atoms with van der Waals surface area (Å²) in [5.41, 5.74) is 1.04. The molecule has 0 spiro atoms. The van der Waals surface area contributed by atoms with Crippen LogP contribution in [0.1, 0.15) is 26.9 Å². The van der Waals surface area contributed by atoms with Crippen molar-refractivity contribution in [3.05, 3.63) is 34.3 Å². The van der Waals surface area contributed by atoms with Crippen molar-refractivity contribution in [2.45, 2.75) is 6.04 Å². The molecule has 3 heterocycles. The monoisotopic (exact) mass is 305 g/mol. The molecule has 1 aliphatic heterocycles. The van der Waals surface area contributed by atoms with Gasteiger partial charge in [0.05, 0.1) is 17.8 Å². The van der Waals surface area contributed by atoms with Gasteiger partial charge in [-0.2, -0.15) is 11.3 Å². The smallest absolute Gasteiger partial charge is 0.275 e. The van der Waals surface area contributed by atoms with E-state index in [2.05, 4.69) is 10.3 Å². The fourth-order valence-electron chi connectivity index (χ4n) is 2.14. The summed E-state index contributed by atoms with van der Waals surface area (Å²) in [4.78, 5) is 27.1. The van der Waals surface area contributed by atoms with Crippen LogP contribution in [0.5, 0.6) is 0 Å². The van der Waals surface area contributed by atoms with E-state index in [0.29, 0.717) is 18.8 Å². The number of aromatic nitrogens is 3. The lowest BCUT2D eigenvalue weighted by atomic mass is 10.1. The number of thiophene rings is 1. The molecule has 3 rings (SSSR count). The van der Waals surface area contributed by atoms with Crippen LogP contribution in [0.4, 0.5) is 0 Å². The topological polar surface area (TPSA) is 71.3 Å². The molecule has 2 aromatic rings. The van der Waals surface area contributed by atoms with Crippen molar-refractivity contribution >= 4 is 23.2 Å². The Bertz CT molecular complexity index is 658. The van der Waals surface area contributed by atoms with Crippen LogP contribution in [0.25, 0.3) is 0 Å². The second kappa shape index (κ2) is 5.28. The number of amides is 2. The minimum absolute atomic E-state index is 0.0391. The van der Waals surface area contributed by atoms with E-state index in [0.717, 1.165) is 5.56 Å². The maximum absolute atomic E-state index is 12.1. The van der Waals surface area contributed by atoms with Crippen molar-refractivity contribution in [3.8, 4) is 0 Å². The summed E-state index contributed by atoms with van der Waals surface area (Å²) in [5, 5.41) is 11.6. The maximum atomic E-state index is 12.1. The van der Waals surface area contributed by atoms with E-state index in [9.17, 15) is 9.59 Å². The van der Waals surface area contributed by atoms with Gasteiger partial charge >= 0.3 is 0 Å². The van der Waals surface area contributed by atoms with E-state index in [4.69, 9.17) is 0 Å². The fourth-order valence-corrected chi connectivity index (χ4v) is 2.77. The Morgan fingerprint density at radius 2 is 2.14 bits per heavy atom. The highest BCUT2D eigenvalue weighted by atomic mass is 32.1. The Morgan fingerprint density at radius 3 is 2.76 bits per heavy atom. The highest BCUT2D eigenvalue weighted by Crippen LogP contribution is 2.23. The third-order valence-corrected chi connectivity index (χ3v) is 4.11. The van der Waals surface area contributed by atoms with Gasteiger partial charge in [0, 0.05) is 32.6 Å². The van der Waals surface area contributed by atoms with Gasteiger partial charge in [-0.05, 0) is 11.4 Å². The number of likely N-dealkylation sites (tertiary alicyclic amines) is 1. The average Bonchev–Trinajstić information content (AvgIpc) is 3.07. The van der Waals surface area contributed by atoms with Gasteiger partial charge in [-0.1, -0.05) is 5.21 Å². The number of rotatable bonds is 3. The molecule has 1 aliphatic rings. The van der Waals surface area contributed by atoms with E-state index in [1.54, 1.807) is 29.9 Å². The zero-order valence-corrected chi connectivity index (χ0v) is 12.6. The van der Waals surface area contributed by atoms with Crippen LogP contribution in [0.15, 0.2) is 23.0 Å². The predicted octanol–water partition coefficient (Wildman–Crippen LogP) is 0.738. The SMILES string of the molecule is CN(C)C(=O)c1cn(C2CN(C(=O)c3ccsc3)C2)nn1. The molecule has 0 unspecified atom stereocenters. The summed E-state index contributed by atoms with van der Waals surface area (Å²) < 4.78 is 1.66. The van der Waals surface area contributed by atoms with E-state index in [-0.39, 0.29) is 17.9 Å². The molecule has 2 amide bonds. The van der Waals surface area contributed by atoms with Gasteiger partial charge in [0.25, 0.3) is 11.8 Å². The predicted molar refractivity (Wildman–Crippen MR) is 77.3 cm³/mol. The quantitative estimate of drug-likeness (QED) is 0.838. The summed E-state index contributed by atoms with van der Waals surface area (Å²) in [7, 11) is 3.35.